The van der Waals surface area contributed by atoms with Crippen molar-refractivity contribution in [2.45, 2.75) is 6.04 Å². The Kier molecular flexibility index (Phi) is 4.05. The zero-order valence-electron chi connectivity index (χ0n) is 12.7. The normalized spacial score (nSPS) is 15.9. The molecule has 1 unspecified atom stereocenters. The molecular weight excluding hydrogens is 324 g/mol. The maximum absolute atomic E-state index is 12.7. The van der Waals surface area contributed by atoms with Crippen molar-refractivity contribution in [2.24, 2.45) is 5.73 Å². The zero-order chi connectivity index (χ0) is 16.0. The highest BCUT2D eigenvalue weighted by atomic mass is 35.5. The summed E-state index contributed by atoms with van der Waals surface area (Å²) in [6, 6.07) is 14.5. The van der Waals surface area contributed by atoms with Crippen LogP contribution in [0.5, 0.6) is 0 Å². The average Bonchev–Trinajstić information content (AvgIpc) is 2.57. The number of nitrogen functional groups attached to an aromatic ring is 1. The van der Waals surface area contributed by atoms with Crippen molar-refractivity contribution in [3.8, 4) is 5.69 Å². The summed E-state index contributed by atoms with van der Waals surface area (Å²) in [5.74, 6) is -0.150. The monoisotopic (exact) mass is 338 g/mol. The van der Waals surface area contributed by atoms with E-state index in [0.717, 1.165) is 16.7 Å². The summed E-state index contributed by atoms with van der Waals surface area (Å²) in [6.45, 7) is 0. The number of aromatic nitrogens is 2. The van der Waals surface area contributed by atoms with Crippen molar-refractivity contribution >= 4 is 28.6 Å². The molecule has 1 aliphatic carbocycles. The second-order valence-corrected chi connectivity index (χ2v) is 5.51. The van der Waals surface area contributed by atoms with Crippen molar-refractivity contribution < 1.29 is 21.8 Å². The molecule has 0 saturated heterocycles. The van der Waals surface area contributed by atoms with E-state index in [2.05, 4.69) is 4.98 Å². The highest BCUT2D eigenvalue weighted by Crippen LogP contribution is 2.21. The lowest BCUT2D eigenvalue weighted by molar-refractivity contribution is -0.570. The van der Waals surface area contributed by atoms with Crippen LogP contribution in [0.4, 0.5) is 5.69 Å². The third-order valence-electron chi connectivity index (χ3n) is 3.96. The molecule has 0 amide bonds. The standard InChI is InChI=1S/C18H14N4O.ClH/c19-11-6-8-14-16(10-11)22(12-4-2-1-3-5-12)17-15(21-14)9-7-13(20)18(17)23;/h1-10,13,19H,20H2;1H. The highest BCUT2D eigenvalue weighted by molar-refractivity contribution is 6.04. The van der Waals surface area contributed by atoms with Gasteiger partial charge in [0.05, 0.1) is 6.04 Å². The largest absolute Gasteiger partial charge is 1.00 e. The molecule has 0 radical (unpaired) electrons. The molecule has 120 valence electrons. The molecule has 2 aromatic carbocycles. The first-order valence-corrected chi connectivity index (χ1v) is 7.34. The number of fused-ring (bicyclic) bond motifs is 2. The molecule has 4 rings (SSSR count). The fourth-order valence-corrected chi connectivity index (χ4v) is 2.87. The summed E-state index contributed by atoms with van der Waals surface area (Å²) < 4.78 is 1.89. The molecular formula is C18H15ClN4O. The van der Waals surface area contributed by atoms with E-state index in [1.54, 1.807) is 18.2 Å². The van der Waals surface area contributed by atoms with Gasteiger partial charge in [-0.25, -0.2) is 4.98 Å². The average molecular weight is 339 g/mol. The van der Waals surface area contributed by atoms with Gasteiger partial charge in [0, 0.05) is 23.9 Å². The first-order valence-electron chi connectivity index (χ1n) is 7.34. The minimum Gasteiger partial charge on any atom is -1.00 e. The van der Waals surface area contributed by atoms with E-state index in [9.17, 15) is 4.79 Å². The predicted molar refractivity (Wildman–Crippen MR) is 89.0 cm³/mol. The van der Waals surface area contributed by atoms with Gasteiger partial charge in [-0.1, -0.05) is 24.3 Å². The maximum atomic E-state index is 12.7. The van der Waals surface area contributed by atoms with E-state index in [1.807, 2.05) is 47.0 Å². The van der Waals surface area contributed by atoms with E-state index in [4.69, 9.17) is 11.5 Å². The third kappa shape index (κ3) is 2.44. The Morgan fingerprint density at radius 1 is 1.08 bits per heavy atom. The Bertz CT molecular complexity index is 970. The van der Waals surface area contributed by atoms with Gasteiger partial charge in [0.25, 0.3) is 5.69 Å². The minimum absolute atomic E-state index is 0. The van der Waals surface area contributed by atoms with Crippen molar-refractivity contribution in [1.82, 2.24) is 4.98 Å². The number of hydrogen-bond acceptors (Lipinski definition) is 4. The Labute approximate surface area is 145 Å². The smallest absolute Gasteiger partial charge is 0.282 e. The van der Waals surface area contributed by atoms with Gasteiger partial charge >= 0.3 is 0 Å². The number of hydrogen-bond donors (Lipinski definition) is 2. The molecule has 0 fully saturated rings. The number of nitrogens with two attached hydrogens (primary N) is 2. The SMILES string of the molecule is Nc1ccc2nc3c([n+](-c4ccccc4)c2c1)C(=O)C(N)C=C3.[Cl-]. The summed E-state index contributed by atoms with van der Waals surface area (Å²) in [7, 11) is 0. The van der Waals surface area contributed by atoms with Gasteiger partial charge in [-0.3, -0.25) is 4.79 Å². The molecule has 3 aromatic rings. The third-order valence-corrected chi connectivity index (χ3v) is 3.96. The van der Waals surface area contributed by atoms with Crippen molar-refractivity contribution in [3.05, 3.63) is 66.0 Å². The minimum atomic E-state index is -0.655. The highest BCUT2D eigenvalue weighted by Gasteiger charge is 2.34. The van der Waals surface area contributed by atoms with Gasteiger partial charge in [0.1, 0.15) is 11.2 Å². The second kappa shape index (κ2) is 6.03. The van der Waals surface area contributed by atoms with Crippen LogP contribution in [0.15, 0.2) is 54.6 Å². The molecule has 1 aromatic heterocycles. The number of para-hydroxylation sites is 1. The molecule has 5 nitrogen and oxygen atoms in total. The number of Topliss-reactive ketones (excluding diaryl/α,β-unsaturated/α-hetero) is 1. The number of rotatable bonds is 1. The van der Waals surface area contributed by atoms with Crippen LogP contribution in [0.1, 0.15) is 16.2 Å². The van der Waals surface area contributed by atoms with E-state index in [0.29, 0.717) is 17.1 Å². The van der Waals surface area contributed by atoms with E-state index >= 15 is 0 Å². The van der Waals surface area contributed by atoms with Crippen LogP contribution >= 0.6 is 0 Å². The Morgan fingerprint density at radius 2 is 1.83 bits per heavy atom. The first-order chi connectivity index (χ1) is 11.1. The van der Waals surface area contributed by atoms with Crippen LogP contribution in [-0.4, -0.2) is 16.8 Å². The van der Waals surface area contributed by atoms with Gasteiger partial charge < -0.3 is 23.9 Å². The number of carbonyl (C=O) groups excluding carboxylic acids is 1. The van der Waals surface area contributed by atoms with E-state index in [-0.39, 0.29) is 18.2 Å². The molecule has 1 heterocycles. The number of carbonyl (C=O) groups is 1. The molecule has 4 N–H and O–H groups in total. The van der Waals surface area contributed by atoms with Crippen molar-refractivity contribution in [2.75, 3.05) is 5.73 Å². The van der Waals surface area contributed by atoms with Crippen LogP contribution < -0.4 is 28.4 Å². The van der Waals surface area contributed by atoms with Gasteiger partial charge in [-0.15, -0.1) is 4.57 Å². The van der Waals surface area contributed by atoms with Gasteiger partial charge in [0.2, 0.25) is 17.0 Å². The van der Waals surface area contributed by atoms with Crippen LogP contribution in [0.25, 0.3) is 22.8 Å². The van der Waals surface area contributed by atoms with E-state index < -0.39 is 6.04 Å². The van der Waals surface area contributed by atoms with Crippen LogP contribution in [0.2, 0.25) is 0 Å². The molecule has 1 atom stereocenters. The van der Waals surface area contributed by atoms with Gasteiger partial charge in [-0.2, -0.15) is 0 Å². The van der Waals surface area contributed by atoms with Crippen molar-refractivity contribution in [1.29, 1.82) is 0 Å². The summed E-state index contributed by atoms with van der Waals surface area (Å²) >= 11 is 0. The quantitative estimate of drug-likeness (QED) is 0.424. The lowest BCUT2D eigenvalue weighted by atomic mass is 10.00. The van der Waals surface area contributed by atoms with Gasteiger partial charge in [-0.05, 0) is 18.2 Å². The molecule has 0 bridgehead atoms. The molecule has 6 heteroatoms. The molecule has 0 aliphatic heterocycles. The molecule has 0 spiro atoms. The van der Waals surface area contributed by atoms with Crippen LogP contribution in [0, 0.1) is 0 Å². The number of halogens is 1. The van der Waals surface area contributed by atoms with Crippen molar-refractivity contribution in [3.63, 3.8) is 0 Å². The molecule has 1 aliphatic rings. The summed E-state index contributed by atoms with van der Waals surface area (Å²) in [6.07, 6.45) is 3.48. The summed E-state index contributed by atoms with van der Waals surface area (Å²) in [5, 5.41) is 0. The molecule has 0 saturated carbocycles. The zero-order valence-corrected chi connectivity index (χ0v) is 13.4. The number of nitrogens with zero attached hydrogens (tertiary/aromatic N) is 2. The van der Waals surface area contributed by atoms with E-state index in [1.165, 1.54) is 0 Å². The topological polar surface area (TPSA) is 85.9 Å². The van der Waals surface area contributed by atoms with Gasteiger partial charge in [0.15, 0.2) is 0 Å². The number of benzene rings is 2. The van der Waals surface area contributed by atoms with Crippen LogP contribution in [-0.2, 0) is 0 Å². The number of ketones is 1. The van der Waals surface area contributed by atoms with Crippen LogP contribution in [0.3, 0.4) is 0 Å². The Balaban J connectivity index is 0.00000169. The predicted octanol–water partition coefficient (Wildman–Crippen LogP) is -1.37. The summed E-state index contributed by atoms with van der Waals surface area (Å²) in [4.78, 5) is 17.3. The Morgan fingerprint density at radius 3 is 2.58 bits per heavy atom. The summed E-state index contributed by atoms with van der Waals surface area (Å²) in [5.41, 5.74) is 16.0. The fraction of sp³-hybridized carbons (Fsp3) is 0.0556. The lowest BCUT2D eigenvalue weighted by Crippen LogP contribution is -3.00. The molecule has 24 heavy (non-hydrogen) atoms. The first kappa shape index (κ1) is 16.1. The fourth-order valence-electron chi connectivity index (χ4n) is 2.87. The Hall–Kier alpha value is -2.76. The lowest BCUT2D eigenvalue weighted by Gasteiger charge is -2.14. The number of anilines is 1. The maximum Gasteiger partial charge on any atom is 0.282 e. The second-order valence-electron chi connectivity index (χ2n) is 5.51.